The number of methoxy groups -OCH3 is 1. The van der Waals surface area contributed by atoms with E-state index in [1.54, 1.807) is 36.3 Å². The van der Waals surface area contributed by atoms with Gasteiger partial charge < -0.3 is 24.0 Å². The molecule has 2 amide bonds. The van der Waals surface area contributed by atoms with Crippen molar-refractivity contribution in [1.29, 1.82) is 0 Å². The van der Waals surface area contributed by atoms with Gasteiger partial charge in [-0.2, -0.15) is 0 Å². The van der Waals surface area contributed by atoms with Crippen LogP contribution in [0.2, 0.25) is 0 Å². The third-order valence-electron chi connectivity index (χ3n) is 5.15. The molecule has 3 rings (SSSR count). The lowest BCUT2D eigenvalue weighted by atomic mass is 10.1. The fourth-order valence-corrected chi connectivity index (χ4v) is 3.46. The minimum absolute atomic E-state index is 0.0705. The van der Waals surface area contributed by atoms with Gasteiger partial charge in [-0.3, -0.25) is 14.5 Å². The molecular formula is C21H29N3O5. The lowest BCUT2D eigenvalue weighted by Crippen LogP contribution is -2.53. The van der Waals surface area contributed by atoms with Crippen molar-refractivity contribution in [2.75, 3.05) is 72.7 Å². The van der Waals surface area contributed by atoms with Crippen LogP contribution in [-0.2, 0) is 9.53 Å². The summed E-state index contributed by atoms with van der Waals surface area (Å²) in [6.07, 6.45) is 1.65. The standard InChI is InChI=1S/C21H29N3O5/c1-3-12-29-18-5-4-17(15-19(18)27-2)21(26)24-8-6-23(7-9-24)20(25)16-22-10-13-28-14-11-22/h3-5,15H,1,6-14,16H2,2H3. The highest BCUT2D eigenvalue weighted by atomic mass is 16.5. The molecule has 0 spiro atoms. The first-order chi connectivity index (χ1) is 14.1. The summed E-state index contributed by atoms with van der Waals surface area (Å²) in [5.74, 6) is 1.13. The highest BCUT2D eigenvalue weighted by molar-refractivity contribution is 5.95. The Kier molecular flexibility index (Phi) is 7.48. The zero-order valence-corrected chi connectivity index (χ0v) is 17.0. The summed E-state index contributed by atoms with van der Waals surface area (Å²) in [6, 6.07) is 5.16. The van der Waals surface area contributed by atoms with Crippen LogP contribution in [-0.4, -0.2) is 99.3 Å². The average Bonchev–Trinajstić information content (AvgIpc) is 2.77. The van der Waals surface area contributed by atoms with Gasteiger partial charge >= 0.3 is 0 Å². The van der Waals surface area contributed by atoms with Crippen LogP contribution in [0.4, 0.5) is 0 Å². The quantitative estimate of drug-likeness (QED) is 0.630. The smallest absolute Gasteiger partial charge is 0.254 e. The van der Waals surface area contributed by atoms with Gasteiger partial charge in [0.15, 0.2) is 11.5 Å². The molecule has 158 valence electrons. The Morgan fingerprint density at radius 2 is 1.76 bits per heavy atom. The number of hydrogen-bond donors (Lipinski definition) is 0. The first-order valence-electron chi connectivity index (χ1n) is 9.91. The van der Waals surface area contributed by atoms with Crippen molar-refractivity contribution in [2.45, 2.75) is 0 Å². The molecule has 0 radical (unpaired) electrons. The molecule has 1 aromatic carbocycles. The molecule has 2 heterocycles. The molecule has 29 heavy (non-hydrogen) atoms. The van der Waals surface area contributed by atoms with Gasteiger partial charge in [0.2, 0.25) is 5.91 Å². The van der Waals surface area contributed by atoms with E-state index in [9.17, 15) is 9.59 Å². The molecule has 0 aliphatic carbocycles. The number of carbonyl (C=O) groups excluding carboxylic acids is 2. The Hall–Kier alpha value is -2.58. The van der Waals surface area contributed by atoms with E-state index in [0.29, 0.717) is 69.6 Å². The minimum Gasteiger partial charge on any atom is -0.493 e. The molecule has 0 atom stereocenters. The summed E-state index contributed by atoms with van der Waals surface area (Å²) in [5.41, 5.74) is 0.542. The van der Waals surface area contributed by atoms with Crippen LogP contribution >= 0.6 is 0 Å². The van der Waals surface area contributed by atoms with E-state index >= 15 is 0 Å². The monoisotopic (exact) mass is 403 g/mol. The SMILES string of the molecule is C=CCOc1ccc(C(=O)N2CCN(C(=O)CN3CCOCC3)CC2)cc1OC. The molecule has 0 aromatic heterocycles. The van der Waals surface area contributed by atoms with E-state index in [-0.39, 0.29) is 11.8 Å². The van der Waals surface area contributed by atoms with E-state index in [2.05, 4.69) is 11.5 Å². The van der Waals surface area contributed by atoms with Crippen molar-refractivity contribution in [3.63, 3.8) is 0 Å². The van der Waals surface area contributed by atoms with Crippen molar-refractivity contribution in [3.8, 4) is 11.5 Å². The first kappa shape index (κ1) is 21.1. The van der Waals surface area contributed by atoms with Crippen LogP contribution in [0.25, 0.3) is 0 Å². The summed E-state index contributed by atoms with van der Waals surface area (Å²) in [7, 11) is 1.54. The van der Waals surface area contributed by atoms with Gasteiger partial charge in [0.25, 0.3) is 5.91 Å². The lowest BCUT2D eigenvalue weighted by molar-refractivity contribution is -0.134. The van der Waals surface area contributed by atoms with Gasteiger partial charge in [0.1, 0.15) is 6.61 Å². The molecule has 8 heteroatoms. The zero-order valence-electron chi connectivity index (χ0n) is 17.0. The number of piperazine rings is 1. The van der Waals surface area contributed by atoms with Crippen molar-refractivity contribution in [3.05, 3.63) is 36.4 Å². The number of nitrogens with zero attached hydrogens (tertiary/aromatic N) is 3. The average molecular weight is 403 g/mol. The number of hydrogen-bond acceptors (Lipinski definition) is 6. The van der Waals surface area contributed by atoms with Gasteiger partial charge in [-0.25, -0.2) is 0 Å². The molecular weight excluding hydrogens is 374 g/mol. The molecule has 2 aliphatic rings. The highest BCUT2D eigenvalue weighted by Crippen LogP contribution is 2.28. The first-order valence-corrected chi connectivity index (χ1v) is 9.91. The normalized spacial score (nSPS) is 17.7. The maximum Gasteiger partial charge on any atom is 0.254 e. The summed E-state index contributed by atoms with van der Waals surface area (Å²) < 4.78 is 16.2. The number of morpholine rings is 1. The zero-order chi connectivity index (χ0) is 20.6. The molecule has 0 N–H and O–H groups in total. The van der Waals surface area contributed by atoms with Crippen LogP contribution in [0, 0.1) is 0 Å². The fourth-order valence-electron chi connectivity index (χ4n) is 3.46. The number of carbonyl (C=O) groups is 2. The second-order valence-electron chi connectivity index (χ2n) is 7.03. The molecule has 2 aliphatic heterocycles. The van der Waals surface area contributed by atoms with Crippen molar-refractivity contribution in [2.24, 2.45) is 0 Å². The van der Waals surface area contributed by atoms with Gasteiger partial charge in [0.05, 0.1) is 26.9 Å². The molecule has 0 bridgehead atoms. The molecule has 8 nitrogen and oxygen atoms in total. The number of rotatable bonds is 7. The van der Waals surface area contributed by atoms with Crippen molar-refractivity contribution >= 4 is 11.8 Å². The summed E-state index contributed by atoms with van der Waals surface area (Å²) in [6.45, 7) is 9.48. The van der Waals surface area contributed by atoms with E-state index in [4.69, 9.17) is 14.2 Å². The molecule has 0 unspecified atom stereocenters. The van der Waals surface area contributed by atoms with Crippen LogP contribution in [0.15, 0.2) is 30.9 Å². The molecule has 0 saturated carbocycles. The predicted molar refractivity (Wildman–Crippen MR) is 108 cm³/mol. The topological polar surface area (TPSA) is 71.6 Å². The summed E-state index contributed by atoms with van der Waals surface area (Å²) in [4.78, 5) is 31.1. The number of amides is 2. The Morgan fingerprint density at radius 1 is 1.07 bits per heavy atom. The lowest BCUT2D eigenvalue weighted by Gasteiger charge is -2.36. The van der Waals surface area contributed by atoms with Crippen LogP contribution in [0.5, 0.6) is 11.5 Å². The fraction of sp³-hybridized carbons (Fsp3) is 0.524. The Morgan fingerprint density at radius 3 is 2.41 bits per heavy atom. The van der Waals surface area contributed by atoms with Crippen molar-refractivity contribution < 1.29 is 23.8 Å². The van der Waals surface area contributed by atoms with Gasteiger partial charge in [-0.1, -0.05) is 12.7 Å². The van der Waals surface area contributed by atoms with Gasteiger partial charge in [-0.05, 0) is 18.2 Å². The third-order valence-corrected chi connectivity index (χ3v) is 5.15. The summed E-state index contributed by atoms with van der Waals surface area (Å²) in [5, 5.41) is 0. The number of ether oxygens (including phenoxy) is 3. The Balaban J connectivity index is 1.54. The highest BCUT2D eigenvalue weighted by Gasteiger charge is 2.26. The maximum absolute atomic E-state index is 12.9. The predicted octanol–water partition coefficient (Wildman–Crippen LogP) is 0.877. The largest absolute Gasteiger partial charge is 0.493 e. The second kappa shape index (κ2) is 10.3. The van der Waals surface area contributed by atoms with E-state index in [1.807, 2.05) is 4.90 Å². The second-order valence-corrected chi connectivity index (χ2v) is 7.03. The molecule has 1 aromatic rings. The maximum atomic E-state index is 12.9. The Bertz CT molecular complexity index is 725. The van der Waals surface area contributed by atoms with E-state index in [1.165, 1.54) is 0 Å². The molecule has 2 saturated heterocycles. The summed E-state index contributed by atoms with van der Waals surface area (Å²) >= 11 is 0. The van der Waals surface area contributed by atoms with E-state index < -0.39 is 0 Å². The van der Waals surface area contributed by atoms with E-state index in [0.717, 1.165) is 13.1 Å². The minimum atomic E-state index is -0.0705. The van der Waals surface area contributed by atoms with Gasteiger partial charge in [-0.15, -0.1) is 0 Å². The van der Waals surface area contributed by atoms with Crippen LogP contribution in [0.3, 0.4) is 0 Å². The van der Waals surface area contributed by atoms with Crippen molar-refractivity contribution in [1.82, 2.24) is 14.7 Å². The third kappa shape index (κ3) is 5.48. The Labute approximate surface area is 171 Å². The van der Waals surface area contributed by atoms with Crippen LogP contribution < -0.4 is 9.47 Å². The number of benzene rings is 1. The molecule has 2 fully saturated rings. The van der Waals surface area contributed by atoms with Gasteiger partial charge in [0, 0.05) is 44.8 Å². The van der Waals surface area contributed by atoms with Crippen LogP contribution in [0.1, 0.15) is 10.4 Å².